The molecule has 4 aromatic rings. The minimum Gasteiger partial charge on any atom is -0.493 e. The van der Waals surface area contributed by atoms with Crippen molar-refractivity contribution in [3.05, 3.63) is 59.5 Å². The van der Waals surface area contributed by atoms with Crippen LogP contribution in [0.3, 0.4) is 0 Å². The third kappa shape index (κ3) is 4.30. The molecule has 1 N–H and O–H groups in total. The van der Waals surface area contributed by atoms with Gasteiger partial charge in [-0.1, -0.05) is 36.3 Å². The maximum atomic E-state index is 5.56. The Bertz CT molecular complexity index is 1200. The van der Waals surface area contributed by atoms with E-state index in [1.54, 1.807) is 14.2 Å². The summed E-state index contributed by atoms with van der Waals surface area (Å²) in [5, 5.41) is 8.65. The van der Waals surface area contributed by atoms with E-state index in [0.717, 1.165) is 40.4 Å². The molecule has 160 valence electrons. The van der Waals surface area contributed by atoms with Gasteiger partial charge in [0.05, 0.1) is 25.3 Å². The van der Waals surface area contributed by atoms with Gasteiger partial charge in [-0.05, 0) is 37.1 Å². The van der Waals surface area contributed by atoms with Gasteiger partial charge in [-0.15, -0.1) is 0 Å². The third-order valence-corrected chi connectivity index (χ3v) is 5.08. The number of aromatic nitrogens is 3. The van der Waals surface area contributed by atoms with Gasteiger partial charge in [-0.2, -0.15) is 4.98 Å². The molecule has 2 heterocycles. The van der Waals surface area contributed by atoms with Gasteiger partial charge in [0.2, 0.25) is 11.7 Å². The Balaban J connectivity index is 1.74. The van der Waals surface area contributed by atoms with Gasteiger partial charge in [-0.3, -0.25) is 0 Å². The highest BCUT2D eigenvalue weighted by molar-refractivity contribution is 5.88. The molecule has 0 atom stereocenters. The quantitative estimate of drug-likeness (QED) is 0.422. The van der Waals surface area contributed by atoms with Crippen molar-refractivity contribution >= 4 is 16.7 Å². The van der Waals surface area contributed by atoms with Crippen molar-refractivity contribution in [1.82, 2.24) is 15.1 Å². The van der Waals surface area contributed by atoms with Crippen molar-refractivity contribution in [2.24, 2.45) is 0 Å². The maximum Gasteiger partial charge on any atom is 0.226 e. The summed E-state index contributed by atoms with van der Waals surface area (Å²) >= 11 is 0. The molecular weight excluding hydrogens is 392 g/mol. The predicted octanol–water partition coefficient (Wildman–Crippen LogP) is 5.18. The Morgan fingerprint density at radius 3 is 2.68 bits per heavy atom. The van der Waals surface area contributed by atoms with Crippen molar-refractivity contribution in [2.45, 2.75) is 33.2 Å². The lowest BCUT2D eigenvalue weighted by Gasteiger charge is -2.15. The molecule has 0 bridgehead atoms. The lowest BCUT2D eigenvalue weighted by Crippen LogP contribution is -2.06. The molecule has 31 heavy (non-hydrogen) atoms. The van der Waals surface area contributed by atoms with Crippen LogP contribution in [-0.2, 0) is 13.0 Å². The number of methoxy groups -OCH3 is 2. The third-order valence-electron chi connectivity index (χ3n) is 5.08. The maximum absolute atomic E-state index is 5.56. The van der Waals surface area contributed by atoms with Crippen LogP contribution in [-0.4, -0.2) is 29.3 Å². The Hall–Kier alpha value is -3.61. The number of ether oxygens (including phenoxy) is 2. The number of aryl methyl sites for hydroxylation is 2. The van der Waals surface area contributed by atoms with E-state index >= 15 is 0 Å². The highest BCUT2D eigenvalue weighted by Gasteiger charge is 2.17. The predicted molar refractivity (Wildman–Crippen MR) is 121 cm³/mol. The lowest BCUT2D eigenvalue weighted by molar-refractivity contribution is 0.352. The molecule has 7 nitrogen and oxygen atoms in total. The summed E-state index contributed by atoms with van der Waals surface area (Å²) in [4.78, 5) is 9.44. The molecule has 0 aliphatic heterocycles. The monoisotopic (exact) mass is 418 g/mol. The van der Waals surface area contributed by atoms with E-state index in [1.165, 1.54) is 0 Å². The molecule has 0 spiro atoms. The number of para-hydroxylation sites is 1. The Morgan fingerprint density at radius 1 is 1.03 bits per heavy atom. The fraction of sp³-hybridized carbons (Fsp3) is 0.292. The summed E-state index contributed by atoms with van der Waals surface area (Å²) in [5.74, 6) is 3.22. The number of nitrogens with zero attached hydrogens (tertiary/aromatic N) is 3. The Morgan fingerprint density at radius 2 is 1.90 bits per heavy atom. The molecule has 0 aliphatic rings. The largest absolute Gasteiger partial charge is 0.493 e. The van der Waals surface area contributed by atoms with Crippen LogP contribution in [0.15, 0.2) is 47.0 Å². The van der Waals surface area contributed by atoms with Crippen LogP contribution < -0.4 is 14.8 Å². The van der Waals surface area contributed by atoms with Gasteiger partial charge in [-0.25, -0.2) is 4.98 Å². The molecule has 0 unspecified atom stereocenters. The smallest absolute Gasteiger partial charge is 0.226 e. The topological polar surface area (TPSA) is 82.3 Å². The lowest BCUT2D eigenvalue weighted by atomic mass is 10.1. The first-order valence-electron chi connectivity index (χ1n) is 10.3. The fourth-order valence-electron chi connectivity index (χ4n) is 3.53. The van der Waals surface area contributed by atoms with Crippen LogP contribution >= 0.6 is 0 Å². The highest BCUT2D eigenvalue weighted by atomic mass is 16.5. The van der Waals surface area contributed by atoms with Gasteiger partial charge in [0.1, 0.15) is 5.82 Å². The van der Waals surface area contributed by atoms with Crippen molar-refractivity contribution in [2.75, 3.05) is 19.5 Å². The second kappa shape index (κ2) is 9.04. The first-order valence-corrected chi connectivity index (χ1v) is 10.3. The number of hydrogen-bond donors (Lipinski definition) is 1. The fourth-order valence-corrected chi connectivity index (χ4v) is 3.53. The average Bonchev–Trinajstić information content (AvgIpc) is 3.25. The van der Waals surface area contributed by atoms with Crippen LogP contribution in [0.2, 0.25) is 0 Å². The van der Waals surface area contributed by atoms with Gasteiger partial charge in [0.25, 0.3) is 0 Å². The number of rotatable bonds is 8. The number of hydrogen-bond acceptors (Lipinski definition) is 7. The minimum atomic E-state index is 0.497. The van der Waals surface area contributed by atoms with E-state index in [0.29, 0.717) is 35.6 Å². The number of anilines is 1. The number of nitrogens with one attached hydrogen (secondary N) is 1. The zero-order valence-electron chi connectivity index (χ0n) is 18.2. The van der Waals surface area contributed by atoms with E-state index in [1.807, 2.05) is 24.3 Å². The van der Waals surface area contributed by atoms with Crippen LogP contribution in [0.25, 0.3) is 22.3 Å². The summed E-state index contributed by atoms with van der Waals surface area (Å²) in [6.45, 7) is 4.63. The van der Waals surface area contributed by atoms with Gasteiger partial charge in [0.15, 0.2) is 11.5 Å². The van der Waals surface area contributed by atoms with Crippen molar-refractivity contribution in [1.29, 1.82) is 0 Å². The van der Waals surface area contributed by atoms with Crippen LogP contribution in [0.5, 0.6) is 11.5 Å². The molecule has 0 saturated heterocycles. The van der Waals surface area contributed by atoms with Gasteiger partial charge >= 0.3 is 0 Å². The van der Waals surface area contributed by atoms with E-state index in [9.17, 15) is 0 Å². The average molecular weight is 418 g/mol. The molecule has 0 saturated carbocycles. The first kappa shape index (κ1) is 20.7. The molecule has 4 rings (SSSR count). The van der Waals surface area contributed by atoms with Gasteiger partial charge in [0, 0.05) is 23.9 Å². The van der Waals surface area contributed by atoms with Crippen LogP contribution in [0, 0.1) is 6.92 Å². The molecule has 0 amide bonds. The standard InChI is InChI=1S/C24H26N4O3/c1-5-7-21-27-24(28-31-21)18-13-16-11-10-15(2)12-19(16)26-23(18)25-14-17-8-6-9-20(29-3)22(17)30-4/h6,8-13H,5,7,14H2,1-4H3,(H,25,26). The van der Waals surface area contributed by atoms with Gasteiger partial charge < -0.3 is 19.3 Å². The molecule has 2 aromatic heterocycles. The van der Waals surface area contributed by atoms with Crippen molar-refractivity contribution < 1.29 is 14.0 Å². The molecule has 2 aromatic carbocycles. The number of fused-ring (bicyclic) bond motifs is 1. The molecule has 7 heteroatoms. The SMILES string of the molecule is CCCc1nc(-c2cc3ccc(C)cc3nc2NCc2cccc(OC)c2OC)no1. The van der Waals surface area contributed by atoms with Crippen molar-refractivity contribution in [3.8, 4) is 22.9 Å². The van der Waals surface area contributed by atoms with Crippen molar-refractivity contribution in [3.63, 3.8) is 0 Å². The van der Waals surface area contributed by atoms with E-state index < -0.39 is 0 Å². The zero-order chi connectivity index (χ0) is 21.8. The minimum absolute atomic E-state index is 0.497. The molecule has 0 aliphatic carbocycles. The van der Waals surface area contributed by atoms with E-state index in [-0.39, 0.29) is 0 Å². The second-order valence-electron chi connectivity index (χ2n) is 7.35. The second-order valence-corrected chi connectivity index (χ2v) is 7.35. The molecular formula is C24H26N4O3. The van der Waals surface area contributed by atoms with Crippen LogP contribution in [0.4, 0.5) is 5.82 Å². The Labute approximate surface area is 181 Å². The summed E-state index contributed by atoms with van der Waals surface area (Å²) in [7, 11) is 3.27. The van der Waals surface area contributed by atoms with E-state index in [2.05, 4.69) is 47.5 Å². The highest BCUT2D eigenvalue weighted by Crippen LogP contribution is 2.33. The summed E-state index contributed by atoms with van der Waals surface area (Å²) in [6.07, 6.45) is 1.69. The first-order chi connectivity index (χ1) is 15.1. The number of pyridine rings is 1. The normalized spacial score (nSPS) is 11.0. The Kier molecular flexibility index (Phi) is 6.02. The summed E-state index contributed by atoms with van der Waals surface area (Å²) in [5.41, 5.74) is 3.81. The van der Waals surface area contributed by atoms with E-state index in [4.69, 9.17) is 19.0 Å². The molecule has 0 fully saturated rings. The summed E-state index contributed by atoms with van der Waals surface area (Å²) in [6, 6.07) is 14.0. The van der Waals surface area contributed by atoms with Crippen LogP contribution in [0.1, 0.15) is 30.4 Å². The summed E-state index contributed by atoms with van der Waals surface area (Å²) < 4.78 is 16.4. The molecule has 0 radical (unpaired) electrons. The zero-order valence-corrected chi connectivity index (χ0v) is 18.2. The number of benzene rings is 2.